The summed E-state index contributed by atoms with van der Waals surface area (Å²) in [5.74, 6) is -0.400. The Morgan fingerprint density at radius 2 is 1.56 bits per heavy atom. The molecule has 3 aromatic rings. The fourth-order valence-corrected chi connectivity index (χ4v) is 3.16. The lowest BCUT2D eigenvalue weighted by atomic mass is 10.1. The van der Waals surface area contributed by atoms with Crippen molar-refractivity contribution >= 4 is 39.9 Å². The number of rotatable bonds is 10. The standard InChI is InChI=1S/C25H26N2O5/c1-2-31-20-15-13-19(14-16-20)26-23(28)11-6-12-25(30)32-17-24(29)27-22-10-5-8-18-7-3-4-9-21(18)22/h3-5,7-10,13-16H,2,6,11-12,17H2,1H3,(H,26,28)(H,27,29). The van der Waals surface area contributed by atoms with Crippen molar-refractivity contribution in [3.8, 4) is 5.75 Å². The Hall–Kier alpha value is -3.87. The Bertz CT molecular complexity index is 1070. The minimum atomic E-state index is -0.521. The lowest BCUT2D eigenvalue weighted by Crippen LogP contribution is -2.21. The van der Waals surface area contributed by atoms with Crippen molar-refractivity contribution in [3.63, 3.8) is 0 Å². The number of amides is 2. The summed E-state index contributed by atoms with van der Waals surface area (Å²) in [4.78, 5) is 36.1. The molecule has 0 aliphatic carbocycles. The SMILES string of the molecule is CCOc1ccc(NC(=O)CCCC(=O)OCC(=O)Nc2cccc3ccccc23)cc1. The lowest BCUT2D eigenvalue weighted by molar-refractivity contribution is -0.147. The van der Waals surface area contributed by atoms with E-state index < -0.39 is 11.9 Å². The van der Waals surface area contributed by atoms with Gasteiger partial charge in [-0.3, -0.25) is 14.4 Å². The summed E-state index contributed by atoms with van der Waals surface area (Å²) in [6, 6.07) is 20.4. The maximum Gasteiger partial charge on any atom is 0.306 e. The molecule has 0 bridgehead atoms. The Kier molecular flexibility index (Phi) is 8.20. The second-order valence-electron chi connectivity index (χ2n) is 7.09. The molecule has 7 nitrogen and oxygen atoms in total. The molecule has 2 amide bonds. The quantitative estimate of drug-likeness (QED) is 0.457. The minimum absolute atomic E-state index is 0.0538. The summed E-state index contributed by atoms with van der Waals surface area (Å²) in [5, 5.41) is 7.45. The molecule has 0 atom stereocenters. The Labute approximate surface area is 186 Å². The molecule has 0 aliphatic rings. The number of esters is 1. The van der Waals surface area contributed by atoms with E-state index in [-0.39, 0.29) is 25.4 Å². The van der Waals surface area contributed by atoms with Crippen LogP contribution in [0.15, 0.2) is 66.7 Å². The first-order valence-electron chi connectivity index (χ1n) is 10.5. The van der Waals surface area contributed by atoms with Crippen LogP contribution in [0.2, 0.25) is 0 Å². The van der Waals surface area contributed by atoms with Gasteiger partial charge in [-0.05, 0) is 49.1 Å². The average Bonchev–Trinajstić information content (AvgIpc) is 2.79. The molecule has 32 heavy (non-hydrogen) atoms. The third-order valence-electron chi connectivity index (χ3n) is 4.66. The fourth-order valence-electron chi connectivity index (χ4n) is 3.16. The minimum Gasteiger partial charge on any atom is -0.494 e. The molecule has 166 valence electrons. The zero-order valence-corrected chi connectivity index (χ0v) is 17.9. The van der Waals surface area contributed by atoms with Crippen LogP contribution in [-0.2, 0) is 19.1 Å². The zero-order valence-electron chi connectivity index (χ0n) is 17.9. The number of carbonyl (C=O) groups excluding carboxylic acids is 3. The van der Waals surface area contributed by atoms with Crippen molar-refractivity contribution in [3.05, 3.63) is 66.7 Å². The van der Waals surface area contributed by atoms with Gasteiger partial charge in [0.05, 0.1) is 6.61 Å². The van der Waals surface area contributed by atoms with Gasteiger partial charge in [-0.15, -0.1) is 0 Å². The highest BCUT2D eigenvalue weighted by Gasteiger charge is 2.11. The Morgan fingerprint density at radius 3 is 2.34 bits per heavy atom. The molecular weight excluding hydrogens is 408 g/mol. The molecule has 0 radical (unpaired) electrons. The molecule has 7 heteroatoms. The van der Waals surface area contributed by atoms with Crippen LogP contribution in [0.3, 0.4) is 0 Å². The van der Waals surface area contributed by atoms with Gasteiger partial charge >= 0.3 is 5.97 Å². The third kappa shape index (κ3) is 6.84. The van der Waals surface area contributed by atoms with Gasteiger partial charge in [-0.1, -0.05) is 36.4 Å². The van der Waals surface area contributed by atoms with Gasteiger partial charge < -0.3 is 20.1 Å². The zero-order chi connectivity index (χ0) is 22.8. The normalized spacial score (nSPS) is 10.4. The van der Waals surface area contributed by atoms with E-state index >= 15 is 0 Å². The van der Waals surface area contributed by atoms with E-state index in [1.807, 2.05) is 43.3 Å². The van der Waals surface area contributed by atoms with Gasteiger partial charge in [-0.25, -0.2) is 0 Å². The number of anilines is 2. The van der Waals surface area contributed by atoms with E-state index in [0.29, 0.717) is 24.4 Å². The first kappa shape index (κ1) is 22.8. The summed E-state index contributed by atoms with van der Waals surface area (Å²) in [6.45, 7) is 2.10. The van der Waals surface area contributed by atoms with Crippen LogP contribution >= 0.6 is 0 Å². The number of ether oxygens (including phenoxy) is 2. The van der Waals surface area contributed by atoms with Gasteiger partial charge in [0.2, 0.25) is 5.91 Å². The molecule has 0 unspecified atom stereocenters. The van der Waals surface area contributed by atoms with E-state index in [1.165, 1.54) is 0 Å². The number of hydrogen-bond donors (Lipinski definition) is 2. The van der Waals surface area contributed by atoms with Crippen molar-refractivity contribution in [2.45, 2.75) is 26.2 Å². The molecule has 0 saturated heterocycles. The van der Waals surface area contributed by atoms with Crippen LogP contribution < -0.4 is 15.4 Å². The summed E-state index contributed by atoms with van der Waals surface area (Å²) >= 11 is 0. The second-order valence-corrected chi connectivity index (χ2v) is 7.09. The van der Waals surface area contributed by atoms with Gasteiger partial charge in [0.1, 0.15) is 5.75 Å². The molecule has 3 aromatic carbocycles. The largest absolute Gasteiger partial charge is 0.494 e. The first-order chi connectivity index (χ1) is 15.5. The number of benzene rings is 3. The molecule has 0 spiro atoms. The topological polar surface area (TPSA) is 93.7 Å². The van der Waals surface area contributed by atoms with Crippen molar-refractivity contribution < 1.29 is 23.9 Å². The smallest absolute Gasteiger partial charge is 0.306 e. The molecule has 0 aromatic heterocycles. The van der Waals surface area contributed by atoms with Crippen molar-refractivity contribution in [2.75, 3.05) is 23.8 Å². The van der Waals surface area contributed by atoms with E-state index in [0.717, 1.165) is 16.5 Å². The van der Waals surface area contributed by atoms with E-state index in [9.17, 15) is 14.4 Å². The Balaban J connectivity index is 1.35. The van der Waals surface area contributed by atoms with Crippen LogP contribution in [0.4, 0.5) is 11.4 Å². The summed E-state index contributed by atoms with van der Waals surface area (Å²) < 4.78 is 10.4. The van der Waals surface area contributed by atoms with Crippen LogP contribution in [-0.4, -0.2) is 31.0 Å². The Morgan fingerprint density at radius 1 is 0.812 bits per heavy atom. The summed E-state index contributed by atoms with van der Waals surface area (Å²) in [5.41, 5.74) is 1.32. The van der Waals surface area contributed by atoms with Crippen LogP contribution in [0, 0.1) is 0 Å². The monoisotopic (exact) mass is 434 g/mol. The lowest BCUT2D eigenvalue weighted by Gasteiger charge is -2.09. The fraction of sp³-hybridized carbons (Fsp3) is 0.240. The molecule has 0 heterocycles. The second kappa shape index (κ2) is 11.5. The van der Waals surface area contributed by atoms with Crippen molar-refractivity contribution in [2.24, 2.45) is 0 Å². The molecular formula is C25H26N2O5. The van der Waals surface area contributed by atoms with Crippen molar-refractivity contribution in [1.82, 2.24) is 0 Å². The maximum atomic E-state index is 12.1. The summed E-state index contributed by atoms with van der Waals surface area (Å²) in [6.07, 6.45) is 0.551. The van der Waals surface area contributed by atoms with Crippen LogP contribution in [0.25, 0.3) is 10.8 Å². The van der Waals surface area contributed by atoms with Crippen LogP contribution in [0.1, 0.15) is 26.2 Å². The predicted molar refractivity (Wildman–Crippen MR) is 124 cm³/mol. The molecule has 0 fully saturated rings. The highest BCUT2D eigenvalue weighted by atomic mass is 16.5. The van der Waals surface area contributed by atoms with E-state index in [4.69, 9.17) is 9.47 Å². The highest BCUT2D eigenvalue weighted by molar-refractivity contribution is 6.02. The average molecular weight is 434 g/mol. The van der Waals surface area contributed by atoms with E-state index in [1.54, 1.807) is 30.3 Å². The van der Waals surface area contributed by atoms with Gasteiger partial charge in [0.15, 0.2) is 6.61 Å². The number of fused-ring (bicyclic) bond motifs is 1. The highest BCUT2D eigenvalue weighted by Crippen LogP contribution is 2.22. The van der Waals surface area contributed by atoms with Crippen molar-refractivity contribution in [1.29, 1.82) is 0 Å². The summed E-state index contributed by atoms with van der Waals surface area (Å²) in [7, 11) is 0. The maximum absolute atomic E-state index is 12.1. The first-order valence-corrected chi connectivity index (χ1v) is 10.5. The molecule has 3 rings (SSSR count). The number of carbonyl (C=O) groups is 3. The van der Waals surface area contributed by atoms with Gasteiger partial charge in [-0.2, -0.15) is 0 Å². The van der Waals surface area contributed by atoms with Gasteiger partial charge in [0.25, 0.3) is 5.91 Å². The van der Waals surface area contributed by atoms with Gasteiger partial charge in [0, 0.05) is 29.6 Å². The number of nitrogens with one attached hydrogen (secondary N) is 2. The van der Waals surface area contributed by atoms with E-state index in [2.05, 4.69) is 10.6 Å². The molecule has 2 N–H and O–H groups in total. The predicted octanol–water partition coefficient (Wildman–Crippen LogP) is 4.53. The third-order valence-corrected chi connectivity index (χ3v) is 4.66. The van der Waals surface area contributed by atoms with Crippen LogP contribution in [0.5, 0.6) is 5.75 Å². The number of hydrogen-bond acceptors (Lipinski definition) is 5. The molecule has 0 saturated carbocycles. The molecule has 0 aliphatic heterocycles.